The fourth-order valence-corrected chi connectivity index (χ4v) is 3.45. The SMILES string of the molecule is O=C(O)c1ccc(Sc2ccc(Sc3ccc(C(=O)O)cc3)nn2)cc1. The quantitative estimate of drug-likeness (QED) is 0.653. The first-order valence-corrected chi connectivity index (χ1v) is 9.01. The number of hydrogen-bond donors (Lipinski definition) is 2. The average molecular weight is 384 g/mol. The van der Waals surface area contributed by atoms with Crippen LogP contribution in [-0.4, -0.2) is 32.3 Å². The van der Waals surface area contributed by atoms with Crippen molar-refractivity contribution in [2.75, 3.05) is 0 Å². The van der Waals surface area contributed by atoms with Crippen LogP contribution in [0.3, 0.4) is 0 Å². The van der Waals surface area contributed by atoms with Crippen LogP contribution in [0.1, 0.15) is 20.7 Å². The number of nitrogens with zero attached hydrogens (tertiary/aromatic N) is 2. The molecule has 0 aliphatic rings. The summed E-state index contributed by atoms with van der Waals surface area (Å²) in [5, 5.41) is 27.5. The van der Waals surface area contributed by atoms with Crippen molar-refractivity contribution >= 4 is 35.5 Å². The van der Waals surface area contributed by atoms with E-state index >= 15 is 0 Å². The summed E-state index contributed by atoms with van der Waals surface area (Å²) >= 11 is 2.77. The summed E-state index contributed by atoms with van der Waals surface area (Å²) in [7, 11) is 0. The second-order valence-electron chi connectivity index (χ2n) is 5.07. The van der Waals surface area contributed by atoms with E-state index in [2.05, 4.69) is 10.2 Å². The number of carbonyl (C=O) groups is 2. The van der Waals surface area contributed by atoms with Crippen LogP contribution < -0.4 is 0 Å². The van der Waals surface area contributed by atoms with Crippen molar-refractivity contribution in [3.8, 4) is 0 Å². The Bertz CT molecular complexity index is 848. The summed E-state index contributed by atoms with van der Waals surface area (Å²) in [5.41, 5.74) is 0.474. The molecule has 1 aromatic heterocycles. The van der Waals surface area contributed by atoms with Gasteiger partial charge in [-0.2, -0.15) is 0 Å². The average Bonchev–Trinajstić information content (AvgIpc) is 2.64. The topological polar surface area (TPSA) is 100 Å². The molecule has 2 N–H and O–H groups in total. The van der Waals surface area contributed by atoms with Crippen LogP contribution >= 0.6 is 23.5 Å². The zero-order valence-corrected chi connectivity index (χ0v) is 14.8. The van der Waals surface area contributed by atoms with E-state index in [1.165, 1.54) is 23.5 Å². The molecule has 6 nitrogen and oxygen atoms in total. The van der Waals surface area contributed by atoms with Gasteiger partial charge in [-0.05, 0) is 60.7 Å². The van der Waals surface area contributed by atoms with E-state index in [0.717, 1.165) is 9.79 Å². The number of benzene rings is 2. The van der Waals surface area contributed by atoms with Crippen LogP contribution in [0.25, 0.3) is 0 Å². The maximum atomic E-state index is 10.8. The molecule has 2 aromatic carbocycles. The van der Waals surface area contributed by atoms with Gasteiger partial charge < -0.3 is 10.2 Å². The van der Waals surface area contributed by atoms with E-state index in [1.807, 2.05) is 12.1 Å². The molecule has 3 aromatic rings. The standard InChI is InChI=1S/C18H12N2O4S2/c21-17(22)11-1-5-13(6-2-11)25-15-9-10-16(20-19-15)26-14-7-3-12(4-8-14)18(23)24/h1-10H,(H,21,22)(H,23,24). The molecule has 0 aliphatic heterocycles. The van der Waals surface area contributed by atoms with Crippen LogP contribution in [0.5, 0.6) is 0 Å². The van der Waals surface area contributed by atoms with Crippen LogP contribution in [0.4, 0.5) is 0 Å². The van der Waals surface area contributed by atoms with Gasteiger partial charge in [-0.15, -0.1) is 10.2 Å². The van der Waals surface area contributed by atoms with E-state index < -0.39 is 11.9 Å². The number of carboxylic acids is 2. The van der Waals surface area contributed by atoms with Gasteiger partial charge in [0.25, 0.3) is 0 Å². The molecule has 130 valence electrons. The minimum Gasteiger partial charge on any atom is -0.478 e. The second-order valence-corrected chi connectivity index (χ2v) is 7.26. The molecular formula is C18H12N2O4S2. The molecule has 0 spiro atoms. The van der Waals surface area contributed by atoms with Gasteiger partial charge in [-0.3, -0.25) is 0 Å². The largest absolute Gasteiger partial charge is 0.478 e. The van der Waals surface area contributed by atoms with Crippen molar-refractivity contribution < 1.29 is 19.8 Å². The summed E-state index contributed by atoms with van der Waals surface area (Å²) in [6.45, 7) is 0. The highest BCUT2D eigenvalue weighted by molar-refractivity contribution is 7.99. The third kappa shape index (κ3) is 4.62. The van der Waals surface area contributed by atoms with E-state index in [-0.39, 0.29) is 11.1 Å². The summed E-state index contributed by atoms with van der Waals surface area (Å²) < 4.78 is 0. The van der Waals surface area contributed by atoms with Crippen molar-refractivity contribution in [2.24, 2.45) is 0 Å². The summed E-state index contributed by atoms with van der Waals surface area (Å²) in [6, 6.07) is 16.7. The summed E-state index contributed by atoms with van der Waals surface area (Å²) in [4.78, 5) is 23.4. The first-order valence-electron chi connectivity index (χ1n) is 7.37. The molecule has 0 saturated heterocycles. The molecule has 0 bridgehead atoms. The molecule has 1 heterocycles. The number of carboxylic acid groups (broad SMARTS) is 2. The van der Waals surface area contributed by atoms with E-state index in [9.17, 15) is 9.59 Å². The van der Waals surface area contributed by atoms with Crippen molar-refractivity contribution in [3.63, 3.8) is 0 Å². The maximum absolute atomic E-state index is 10.8. The van der Waals surface area contributed by atoms with E-state index in [1.54, 1.807) is 48.5 Å². The van der Waals surface area contributed by atoms with Gasteiger partial charge in [0.1, 0.15) is 10.1 Å². The maximum Gasteiger partial charge on any atom is 0.335 e. The lowest BCUT2D eigenvalue weighted by atomic mass is 10.2. The lowest BCUT2D eigenvalue weighted by Gasteiger charge is -2.03. The Morgan fingerprint density at radius 3 is 1.23 bits per heavy atom. The Labute approximate surface area is 157 Å². The Hall–Kier alpha value is -2.84. The Kier molecular flexibility index (Phi) is 5.55. The normalized spacial score (nSPS) is 10.5. The molecule has 8 heteroatoms. The van der Waals surface area contributed by atoms with Gasteiger partial charge in [0.2, 0.25) is 0 Å². The van der Waals surface area contributed by atoms with E-state index in [4.69, 9.17) is 10.2 Å². The highest BCUT2D eigenvalue weighted by Gasteiger charge is 2.06. The Balaban J connectivity index is 1.64. The molecule has 26 heavy (non-hydrogen) atoms. The Morgan fingerprint density at radius 2 is 0.962 bits per heavy atom. The lowest BCUT2D eigenvalue weighted by molar-refractivity contribution is 0.0686. The highest BCUT2D eigenvalue weighted by Crippen LogP contribution is 2.29. The number of rotatable bonds is 6. The van der Waals surface area contributed by atoms with Crippen LogP contribution in [0, 0.1) is 0 Å². The fraction of sp³-hybridized carbons (Fsp3) is 0. The molecule has 0 atom stereocenters. The van der Waals surface area contributed by atoms with Crippen molar-refractivity contribution in [2.45, 2.75) is 19.8 Å². The number of aromatic nitrogens is 2. The molecule has 0 aliphatic carbocycles. The zero-order valence-electron chi connectivity index (χ0n) is 13.2. The van der Waals surface area contributed by atoms with Crippen molar-refractivity contribution in [3.05, 3.63) is 71.8 Å². The second kappa shape index (κ2) is 8.03. The predicted molar refractivity (Wildman–Crippen MR) is 97.1 cm³/mol. The monoisotopic (exact) mass is 384 g/mol. The fourth-order valence-electron chi connectivity index (χ4n) is 1.99. The minimum atomic E-state index is -0.959. The summed E-state index contributed by atoms with van der Waals surface area (Å²) in [6.07, 6.45) is 0. The highest BCUT2D eigenvalue weighted by atomic mass is 32.2. The molecule has 3 rings (SSSR count). The van der Waals surface area contributed by atoms with Gasteiger partial charge in [0.15, 0.2) is 0 Å². The van der Waals surface area contributed by atoms with Gasteiger partial charge in [0.05, 0.1) is 11.1 Å². The first-order chi connectivity index (χ1) is 12.5. The molecule has 0 radical (unpaired) electrons. The van der Waals surface area contributed by atoms with Crippen molar-refractivity contribution in [1.29, 1.82) is 0 Å². The molecule has 0 saturated carbocycles. The van der Waals surface area contributed by atoms with Crippen LogP contribution in [0.15, 0.2) is 80.5 Å². The lowest BCUT2D eigenvalue weighted by Crippen LogP contribution is -1.95. The van der Waals surface area contributed by atoms with Crippen molar-refractivity contribution in [1.82, 2.24) is 10.2 Å². The number of aromatic carboxylic acids is 2. The van der Waals surface area contributed by atoms with Gasteiger partial charge in [0, 0.05) is 9.79 Å². The first kappa shape index (κ1) is 18.0. The predicted octanol–water partition coefficient (Wildman–Crippen LogP) is 4.18. The minimum absolute atomic E-state index is 0.237. The number of hydrogen-bond acceptors (Lipinski definition) is 6. The smallest absolute Gasteiger partial charge is 0.335 e. The van der Waals surface area contributed by atoms with Gasteiger partial charge >= 0.3 is 11.9 Å². The molecule has 0 amide bonds. The van der Waals surface area contributed by atoms with Gasteiger partial charge in [-0.25, -0.2) is 9.59 Å². The Morgan fingerprint density at radius 1 is 0.615 bits per heavy atom. The summed E-state index contributed by atoms with van der Waals surface area (Å²) in [5.74, 6) is -1.92. The third-order valence-electron chi connectivity index (χ3n) is 3.26. The molecule has 0 fully saturated rings. The van der Waals surface area contributed by atoms with E-state index in [0.29, 0.717) is 10.1 Å². The zero-order chi connectivity index (χ0) is 18.5. The van der Waals surface area contributed by atoms with Gasteiger partial charge in [-0.1, -0.05) is 23.5 Å². The molecular weight excluding hydrogens is 372 g/mol. The third-order valence-corrected chi connectivity index (χ3v) is 5.13. The van der Waals surface area contributed by atoms with Crippen LogP contribution in [-0.2, 0) is 0 Å². The van der Waals surface area contributed by atoms with Crippen LogP contribution in [0.2, 0.25) is 0 Å². The molecule has 0 unspecified atom stereocenters.